The Bertz CT molecular complexity index is 4200. The van der Waals surface area contributed by atoms with Crippen molar-refractivity contribution in [3.63, 3.8) is 0 Å². The average molecular weight is 1080 g/mol. The Morgan fingerprint density at radius 2 is 0.537 bits per heavy atom. The summed E-state index contributed by atoms with van der Waals surface area (Å²) in [7, 11) is 0. The molecule has 4 nitrogen and oxygen atoms in total. The van der Waals surface area contributed by atoms with Gasteiger partial charge in [0.05, 0.1) is 44.5 Å². The first-order valence-electron chi connectivity index (χ1n) is 29.9. The van der Waals surface area contributed by atoms with Gasteiger partial charge in [-0.15, -0.1) is 0 Å². The Kier molecular flexibility index (Phi) is 11.6. The summed E-state index contributed by atoms with van der Waals surface area (Å²) in [4.78, 5) is 5.03. The van der Waals surface area contributed by atoms with E-state index in [-0.39, 0.29) is 32.5 Å². The maximum atomic E-state index is 2.66. The van der Waals surface area contributed by atoms with Crippen LogP contribution in [0.25, 0.3) is 76.2 Å². The number of fused-ring (bicyclic) bond motifs is 12. The molecular weight excluding hydrogens is 993 g/mol. The third kappa shape index (κ3) is 8.28. The van der Waals surface area contributed by atoms with E-state index in [9.17, 15) is 0 Å². The predicted octanol–water partition coefficient (Wildman–Crippen LogP) is 22.7. The smallest absolute Gasteiger partial charge is 0.0641 e. The van der Waals surface area contributed by atoms with Gasteiger partial charge in [0.2, 0.25) is 0 Å². The number of benzene rings is 9. The van der Waals surface area contributed by atoms with Crippen LogP contribution in [0.1, 0.15) is 158 Å². The number of para-hydroxylation sites is 2. The van der Waals surface area contributed by atoms with E-state index in [4.69, 9.17) is 0 Å². The molecule has 0 spiro atoms. The molecule has 0 N–H and O–H groups in total. The molecular formula is C78H82N4. The molecule has 414 valence electrons. The van der Waals surface area contributed by atoms with Gasteiger partial charge in [-0.2, -0.15) is 0 Å². The first kappa shape index (κ1) is 53.5. The molecule has 0 amide bonds. The molecule has 0 atom stereocenters. The fourth-order valence-electron chi connectivity index (χ4n) is 13.5. The topological polar surface area (TPSA) is 15.3 Å². The summed E-state index contributed by atoms with van der Waals surface area (Å²) in [5.74, 6) is 0. The molecule has 0 bridgehead atoms. The van der Waals surface area contributed by atoms with E-state index in [0.717, 1.165) is 22.7 Å². The van der Waals surface area contributed by atoms with Gasteiger partial charge in [-0.05, 0) is 139 Å². The summed E-state index contributed by atoms with van der Waals surface area (Å²) >= 11 is 0. The molecule has 0 aliphatic carbocycles. The van der Waals surface area contributed by atoms with Gasteiger partial charge >= 0.3 is 0 Å². The van der Waals surface area contributed by atoms with Crippen LogP contribution in [0.15, 0.2) is 170 Å². The number of nitrogens with zero attached hydrogens (tertiary/aromatic N) is 4. The molecule has 4 aromatic heterocycles. The third-order valence-electron chi connectivity index (χ3n) is 18.1. The van der Waals surface area contributed by atoms with E-state index < -0.39 is 0 Å². The van der Waals surface area contributed by atoms with Gasteiger partial charge in [0.1, 0.15) is 0 Å². The molecule has 4 heteroatoms. The molecule has 4 heterocycles. The Balaban J connectivity index is 1.14. The first-order chi connectivity index (χ1) is 38.5. The van der Waals surface area contributed by atoms with E-state index in [1.54, 1.807) is 0 Å². The lowest BCUT2D eigenvalue weighted by molar-refractivity contribution is 0.590. The molecule has 9 aromatic carbocycles. The van der Waals surface area contributed by atoms with E-state index in [2.05, 4.69) is 313 Å². The molecule has 0 fully saturated rings. The van der Waals surface area contributed by atoms with E-state index in [1.165, 1.54) is 121 Å². The van der Waals surface area contributed by atoms with Crippen molar-refractivity contribution in [2.75, 3.05) is 9.80 Å². The van der Waals surface area contributed by atoms with Crippen molar-refractivity contribution in [2.24, 2.45) is 0 Å². The monoisotopic (exact) mass is 1070 g/mol. The highest BCUT2D eigenvalue weighted by atomic mass is 15.2. The number of hydrogen-bond donors (Lipinski definition) is 0. The van der Waals surface area contributed by atoms with Crippen LogP contribution < -0.4 is 9.80 Å². The van der Waals surface area contributed by atoms with E-state index >= 15 is 0 Å². The standard InChI is InChI=1S/C78H82N4/c1-73(2,3)47-25-33-51(34-26-47)79(52-35-27-48(28-36-52)74(4,5)6)63-43-41-55-59-45-66-60(46-65(59)81-69-57(67(63)71(55)81)21-19-23-61(69)77(13,14)15)56-42-44-64(68-58-22-20-24-62(78(16,17)18)70(58)82(66)72(56)68)80(53-37-29-49(30-38-53)75(7,8)9)54-39-31-50(32-40-54)76(10,11)12/h19-46H,1-18H3. The van der Waals surface area contributed by atoms with Crippen molar-refractivity contribution in [3.05, 3.63) is 203 Å². The summed E-state index contributed by atoms with van der Waals surface area (Å²) in [6.45, 7) is 41.8. The minimum Gasteiger partial charge on any atom is -0.310 e. The van der Waals surface area contributed by atoms with Crippen LogP contribution >= 0.6 is 0 Å². The van der Waals surface area contributed by atoms with Crippen LogP contribution in [0.2, 0.25) is 0 Å². The molecule has 0 radical (unpaired) electrons. The predicted molar refractivity (Wildman–Crippen MR) is 357 cm³/mol. The lowest BCUT2D eigenvalue weighted by Crippen LogP contribution is -2.14. The van der Waals surface area contributed by atoms with Crippen LogP contribution in [-0.2, 0) is 32.5 Å². The zero-order chi connectivity index (χ0) is 58.1. The Hall–Kier alpha value is -7.82. The lowest BCUT2D eigenvalue weighted by atomic mass is 9.85. The summed E-state index contributed by atoms with van der Waals surface area (Å²) in [5.41, 5.74) is 22.3. The molecule has 0 aliphatic heterocycles. The SMILES string of the molecule is CC(C)(C)c1ccc(N(c2ccc(C(C)(C)C)cc2)c2ccc3c4cc5c(cc4n4c6c(C(C)(C)C)cccc6c2c34)c2ccc(N(c3ccc(C(C)(C)C)cc3)c3ccc(C(C)(C)C)cc3)c3c4cccc(C(C)(C)C)c4n5c23)cc1. The minimum atomic E-state index is -0.132. The maximum Gasteiger partial charge on any atom is 0.0641 e. The normalized spacial score (nSPS) is 13.5. The average Bonchev–Trinajstić information content (AvgIpc) is 1.55. The molecule has 0 saturated heterocycles. The number of aromatic nitrogens is 2. The first-order valence-corrected chi connectivity index (χ1v) is 29.9. The van der Waals surface area contributed by atoms with Gasteiger partial charge in [-0.1, -0.05) is 222 Å². The Morgan fingerprint density at radius 3 is 0.793 bits per heavy atom. The number of anilines is 6. The number of hydrogen-bond acceptors (Lipinski definition) is 2. The van der Waals surface area contributed by atoms with Gasteiger partial charge in [-0.25, -0.2) is 0 Å². The van der Waals surface area contributed by atoms with E-state index in [1.807, 2.05) is 0 Å². The fourth-order valence-corrected chi connectivity index (χ4v) is 13.5. The van der Waals surface area contributed by atoms with Crippen LogP contribution in [0, 0.1) is 0 Å². The maximum absolute atomic E-state index is 2.66. The van der Waals surface area contributed by atoms with Crippen LogP contribution in [0.3, 0.4) is 0 Å². The number of rotatable bonds is 6. The fraction of sp³-hybridized carbons (Fsp3) is 0.308. The molecule has 0 saturated carbocycles. The van der Waals surface area contributed by atoms with Crippen molar-refractivity contribution in [1.29, 1.82) is 0 Å². The van der Waals surface area contributed by atoms with Crippen molar-refractivity contribution in [2.45, 2.75) is 157 Å². The van der Waals surface area contributed by atoms with Crippen molar-refractivity contribution in [3.8, 4) is 0 Å². The van der Waals surface area contributed by atoms with Crippen molar-refractivity contribution in [1.82, 2.24) is 8.80 Å². The Morgan fingerprint density at radius 1 is 0.256 bits per heavy atom. The molecule has 13 aromatic rings. The molecule has 0 unspecified atom stereocenters. The second-order valence-electron chi connectivity index (χ2n) is 30.0. The van der Waals surface area contributed by atoms with Crippen LogP contribution in [-0.4, -0.2) is 8.80 Å². The molecule has 82 heavy (non-hydrogen) atoms. The lowest BCUT2D eigenvalue weighted by Gasteiger charge is -2.29. The summed E-state index contributed by atoms with van der Waals surface area (Å²) in [5, 5.41) is 10.2. The zero-order valence-corrected chi connectivity index (χ0v) is 52.0. The van der Waals surface area contributed by atoms with Gasteiger partial charge in [-0.3, -0.25) is 0 Å². The second kappa shape index (κ2) is 17.8. The van der Waals surface area contributed by atoms with Crippen molar-refractivity contribution < 1.29 is 0 Å². The van der Waals surface area contributed by atoms with Gasteiger partial charge < -0.3 is 18.6 Å². The second-order valence-corrected chi connectivity index (χ2v) is 30.0. The zero-order valence-electron chi connectivity index (χ0n) is 52.0. The highest BCUT2D eigenvalue weighted by Gasteiger charge is 2.32. The van der Waals surface area contributed by atoms with Crippen molar-refractivity contribution >= 4 is 110 Å². The summed E-state index contributed by atoms with van der Waals surface area (Å²) < 4.78 is 5.32. The quantitative estimate of drug-likeness (QED) is 0.165. The summed E-state index contributed by atoms with van der Waals surface area (Å²) in [6, 6.07) is 66.2. The van der Waals surface area contributed by atoms with Crippen LogP contribution in [0.5, 0.6) is 0 Å². The highest BCUT2D eigenvalue weighted by Crippen LogP contribution is 2.53. The molecule has 0 aliphatic rings. The van der Waals surface area contributed by atoms with Gasteiger partial charge in [0.25, 0.3) is 0 Å². The highest BCUT2D eigenvalue weighted by molar-refractivity contribution is 6.32. The van der Waals surface area contributed by atoms with Crippen LogP contribution in [0.4, 0.5) is 34.1 Å². The van der Waals surface area contributed by atoms with E-state index in [0.29, 0.717) is 0 Å². The minimum absolute atomic E-state index is 0.0300. The van der Waals surface area contributed by atoms with Gasteiger partial charge in [0.15, 0.2) is 0 Å². The Labute approximate surface area is 486 Å². The van der Waals surface area contributed by atoms with Gasteiger partial charge in [0, 0.05) is 65.8 Å². The summed E-state index contributed by atoms with van der Waals surface area (Å²) in [6.07, 6.45) is 0. The molecule has 13 rings (SSSR count). The largest absolute Gasteiger partial charge is 0.310 e. The third-order valence-corrected chi connectivity index (χ3v) is 18.1.